The normalized spacial score (nSPS) is 16.6. The van der Waals surface area contributed by atoms with E-state index in [2.05, 4.69) is 23.1 Å². The molecule has 1 saturated heterocycles. The summed E-state index contributed by atoms with van der Waals surface area (Å²) in [6, 6.07) is 14.3. The number of rotatable bonds is 5. The van der Waals surface area contributed by atoms with Crippen LogP contribution in [0.3, 0.4) is 0 Å². The Morgan fingerprint density at radius 3 is 2.52 bits per heavy atom. The summed E-state index contributed by atoms with van der Waals surface area (Å²) in [6.07, 6.45) is 2.08. The zero-order valence-corrected chi connectivity index (χ0v) is 12.8. The lowest BCUT2D eigenvalue weighted by Crippen LogP contribution is -3.00. The molecule has 1 N–H and O–H groups in total. The molecule has 21 heavy (non-hydrogen) atoms. The second kappa shape index (κ2) is 7.64. The predicted molar refractivity (Wildman–Crippen MR) is 81.1 cm³/mol. The van der Waals surface area contributed by atoms with Crippen molar-refractivity contribution < 1.29 is 22.3 Å². The molecule has 1 fully saturated rings. The van der Waals surface area contributed by atoms with Crippen molar-refractivity contribution in [3.05, 3.63) is 42.5 Å². The van der Waals surface area contributed by atoms with Crippen LogP contribution in [-0.2, 0) is 0 Å². The maximum atomic E-state index is 10.0. The highest BCUT2D eigenvalue weighted by Gasteiger charge is 2.16. The van der Waals surface area contributed by atoms with Crippen molar-refractivity contribution >= 4 is 10.8 Å². The van der Waals surface area contributed by atoms with Crippen molar-refractivity contribution in [1.82, 2.24) is 4.90 Å². The van der Waals surface area contributed by atoms with Gasteiger partial charge in [0.1, 0.15) is 18.5 Å². The Kier molecular flexibility index (Phi) is 5.85. The average Bonchev–Trinajstić information content (AvgIpc) is 2.98. The zero-order valence-electron chi connectivity index (χ0n) is 12.0. The molecule has 1 unspecified atom stereocenters. The van der Waals surface area contributed by atoms with Crippen LogP contribution >= 0.6 is 0 Å². The van der Waals surface area contributed by atoms with Gasteiger partial charge in [0.2, 0.25) is 0 Å². The summed E-state index contributed by atoms with van der Waals surface area (Å²) >= 11 is 0. The number of halogens is 1. The lowest BCUT2D eigenvalue weighted by atomic mass is 10.1. The Hall–Kier alpha value is -1.29. The van der Waals surface area contributed by atoms with Crippen molar-refractivity contribution in [3.8, 4) is 5.75 Å². The summed E-state index contributed by atoms with van der Waals surface area (Å²) in [5.74, 6) is 0.823. The summed E-state index contributed by atoms with van der Waals surface area (Å²) in [5.41, 5.74) is 0. The van der Waals surface area contributed by atoms with Crippen molar-refractivity contribution in [3.63, 3.8) is 0 Å². The lowest BCUT2D eigenvalue weighted by Gasteiger charge is -2.19. The van der Waals surface area contributed by atoms with Gasteiger partial charge >= 0.3 is 0 Å². The number of aliphatic hydroxyl groups is 1. The first-order valence-corrected chi connectivity index (χ1v) is 7.33. The number of aliphatic hydroxyl groups excluding tert-OH is 1. The van der Waals surface area contributed by atoms with E-state index in [4.69, 9.17) is 4.74 Å². The molecule has 1 aliphatic heterocycles. The monoisotopic (exact) mass is 306 g/mol. The number of hydrogen-bond acceptors (Lipinski definition) is 3. The fourth-order valence-electron chi connectivity index (χ4n) is 2.77. The molecular weight excluding hydrogens is 286 g/mol. The molecule has 2 aromatic carbocycles. The van der Waals surface area contributed by atoms with E-state index in [1.54, 1.807) is 0 Å². The lowest BCUT2D eigenvalue weighted by molar-refractivity contribution is -0.00000621. The summed E-state index contributed by atoms with van der Waals surface area (Å²) in [7, 11) is 0. The largest absolute Gasteiger partial charge is 1.00 e. The first-order valence-electron chi connectivity index (χ1n) is 7.33. The minimum absolute atomic E-state index is 0. The molecule has 0 radical (unpaired) electrons. The Balaban J connectivity index is 0.00000161. The van der Waals surface area contributed by atoms with Gasteiger partial charge in [-0.15, -0.1) is 0 Å². The number of likely N-dealkylation sites (tertiary alicyclic amines) is 1. The first kappa shape index (κ1) is 16.1. The minimum Gasteiger partial charge on any atom is -1.00 e. The third-order valence-corrected chi connectivity index (χ3v) is 3.83. The molecule has 0 aromatic heterocycles. The van der Waals surface area contributed by atoms with Crippen LogP contribution in [0, 0.1) is 0 Å². The van der Waals surface area contributed by atoms with Crippen molar-refractivity contribution in [2.75, 3.05) is 26.2 Å². The number of hydrogen-bond donors (Lipinski definition) is 1. The first-order chi connectivity index (χ1) is 9.81. The van der Waals surface area contributed by atoms with Gasteiger partial charge in [0.15, 0.2) is 0 Å². The smallest absolute Gasteiger partial charge is 0.120 e. The number of fused-ring (bicyclic) bond motifs is 1. The molecule has 2 aromatic rings. The highest BCUT2D eigenvalue weighted by atomic mass is 35.5. The highest BCUT2D eigenvalue weighted by Crippen LogP contribution is 2.20. The second-order valence-corrected chi connectivity index (χ2v) is 5.48. The molecule has 114 valence electrons. The Morgan fingerprint density at radius 2 is 1.76 bits per heavy atom. The van der Waals surface area contributed by atoms with E-state index < -0.39 is 6.10 Å². The molecule has 1 heterocycles. The van der Waals surface area contributed by atoms with Crippen LogP contribution in [0.15, 0.2) is 42.5 Å². The third-order valence-electron chi connectivity index (χ3n) is 3.83. The van der Waals surface area contributed by atoms with Gasteiger partial charge in [-0.05, 0) is 48.8 Å². The number of β-amino-alcohol motifs (C(OH)–C–C–N with tert-alkyl or cyclic N) is 1. The fraction of sp³-hybridized carbons (Fsp3) is 0.412. The average molecular weight is 307 g/mol. The number of nitrogens with zero attached hydrogens (tertiary/aromatic N) is 1. The fourth-order valence-corrected chi connectivity index (χ4v) is 2.77. The molecule has 0 bridgehead atoms. The Morgan fingerprint density at radius 1 is 1.05 bits per heavy atom. The SMILES string of the molecule is OC(COc1ccc2ccccc2c1)CN1CCCC1.[Cl-]. The van der Waals surface area contributed by atoms with Crippen molar-refractivity contribution in [1.29, 1.82) is 0 Å². The van der Waals surface area contributed by atoms with E-state index >= 15 is 0 Å². The van der Waals surface area contributed by atoms with Crippen LogP contribution in [-0.4, -0.2) is 42.4 Å². The van der Waals surface area contributed by atoms with Crippen molar-refractivity contribution in [2.24, 2.45) is 0 Å². The Bertz CT molecular complexity index is 569. The molecule has 0 spiro atoms. The molecular formula is C17H21ClNO2-. The minimum atomic E-state index is -0.417. The zero-order chi connectivity index (χ0) is 13.8. The van der Waals surface area contributed by atoms with Crippen LogP contribution in [0.1, 0.15) is 12.8 Å². The van der Waals surface area contributed by atoms with Crippen LogP contribution in [0.5, 0.6) is 5.75 Å². The quantitative estimate of drug-likeness (QED) is 0.822. The van der Waals surface area contributed by atoms with Crippen LogP contribution in [0.2, 0.25) is 0 Å². The molecule has 4 heteroatoms. The standard InChI is InChI=1S/C17H21NO2.ClH/c19-16(12-18-9-3-4-10-18)13-20-17-8-7-14-5-1-2-6-15(14)11-17;/h1-2,5-8,11,16,19H,3-4,9-10,12-13H2;1H/p-1. The number of benzene rings is 2. The van der Waals surface area contributed by atoms with E-state index in [0.717, 1.165) is 18.8 Å². The third kappa shape index (κ3) is 4.34. The molecule has 3 nitrogen and oxygen atoms in total. The van der Waals surface area contributed by atoms with E-state index in [0.29, 0.717) is 13.2 Å². The summed E-state index contributed by atoms with van der Waals surface area (Å²) < 4.78 is 5.71. The topological polar surface area (TPSA) is 32.7 Å². The van der Waals surface area contributed by atoms with Gasteiger partial charge in [-0.2, -0.15) is 0 Å². The van der Waals surface area contributed by atoms with Gasteiger partial charge in [0.05, 0.1) is 0 Å². The van der Waals surface area contributed by atoms with Gasteiger partial charge in [0.25, 0.3) is 0 Å². The van der Waals surface area contributed by atoms with Gasteiger partial charge < -0.3 is 27.2 Å². The molecule has 0 saturated carbocycles. The second-order valence-electron chi connectivity index (χ2n) is 5.48. The van der Waals surface area contributed by atoms with Gasteiger partial charge in [-0.3, -0.25) is 0 Å². The van der Waals surface area contributed by atoms with E-state index in [1.165, 1.54) is 23.6 Å². The van der Waals surface area contributed by atoms with Gasteiger partial charge in [-0.1, -0.05) is 30.3 Å². The maximum Gasteiger partial charge on any atom is 0.120 e. The van der Waals surface area contributed by atoms with Crippen molar-refractivity contribution in [2.45, 2.75) is 18.9 Å². The van der Waals surface area contributed by atoms with E-state index in [9.17, 15) is 5.11 Å². The van der Waals surface area contributed by atoms with E-state index in [1.807, 2.05) is 24.3 Å². The molecule has 1 atom stereocenters. The summed E-state index contributed by atoms with van der Waals surface area (Å²) in [6.45, 7) is 3.28. The maximum absolute atomic E-state index is 10.0. The highest BCUT2D eigenvalue weighted by molar-refractivity contribution is 5.83. The van der Waals surface area contributed by atoms with Crippen LogP contribution < -0.4 is 17.1 Å². The molecule has 0 aliphatic carbocycles. The van der Waals surface area contributed by atoms with Crippen LogP contribution in [0.25, 0.3) is 10.8 Å². The Labute approximate surface area is 131 Å². The van der Waals surface area contributed by atoms with Gasteiger partial charge in [-0.25, -0.2) is 0 Å². The predicted octanol–water partition coefficient (Wildman–Crippen LogP) is -0.321. The summed E-state index contributed by atoms with van der Waals surface area (Å²) in [5, 5.41) is 12.4. The summed E-state index contributed by atoms with van der Waals surface area (Å²) in [4.78, 5) is 2.30. The van der Waals surface area contributed by atoms with E-state index in [-0.39, 0.29) is 12.4 Å². The molecule has 1 aliphatic rings. The molecule has 3 rings (SSSR count). The van der Waals surface area contributed by atoms with Crippen LogP contribution in [0.4, 0.5) is 0 Å². The number of ether oxygens (including phenoxy) is 1. The van der Waals surface area contributed by atoms with Gasteiger partial charge in [0, 0.05) is 6.54 Å². The molecule has 0 amide bonds.